The number of pyridine rings is 1. The van der Waals surface area contributed by atoms with Crippen LogP contribution in [0.4, 0.5) is 18.9 Å². The van der Waals surface area contributed by atoms with Gasteiger partial charge in [0.2, 0.25) is 0 Å². The second-order valence-corrected chi connectivity index (χ2v) is 3.73. The van der Waals surface area contributed by atoms with Crippen molar-refractivity contribution in [1.29, 1.82) is 0 Å². The van der Waals surface area contributed by atoms with Gasteiger partial charge >= 0.3 is 12.1 Å². The van der Waals surface area contributed by atoms with Gasteiger partial charge in [0.15, 0.2) is 0 Å². The van der Waals surface area contributed by atoms with E-state index in [1.54, 1.807) is 6.07 Å². The van der Waals surface area contributed by atoms with Gasteiger partial charge in [-0.15, -0.1) is 0 Å². The number of hydrogen-bond acceptors (Lipinski definition) is 3. The Morgan fingerprint density at radius 2 is 2.11 bits per heavy atom. The minimum Gasteiger partial charge on any atom is -0.477 e. The molecule has 0 aliphatic carbocycles. The van der Waals surface area contributed by atoms with Gasteiger partial charge < -0.3 is 10.4 Å². The second-order valence-electron chi connectivity index (χ2n) is 3.73. The van der Waals surface area contributed by atoms with Gasteiger partial charge in [-0.25, -0.2) is 9.78 Å². The van der Waals surface area contributed by atoms with Crippen LogP contribution >= 0.6 is 0 Å². The Morgan fingerprint density at radius 1 is 1.39 bits per heavy atom. The summed E-state index contributed by atoms with van der Waals surface area (Å²) in [6.45, 7) is 0.360. The smallest absolute Gasteiger partial charge is 0.389 e. The molecule has 0 fully saturated rings. The standard InChI is InChI=1S/C11H13F3N2O2/c12-11(13,14)4-1-2-5-15-8-3-6-16-9(7-8)10(17)18/h3,6-7H,1-2,4-5H2,(H,15,16)(H,17,18). The normalized spacial score (nSPS) is 11.3. The number of rotatable bonds is 6. The van der Waals surface area contributed by atoms with E-state index in [0.717, 1.165) is 0 Å². The van der Waals surface area contributed by atoms with Crippen LogP contribution in [0.25, 0.3) is 0 Å². The summed E-state index contributed by atoms with van der Waals surface area (Å²) in [4.78, 5) is 14.3. The molecule has 0 aromatic carbocycles. The lowest BCUT2D eigenvalue weighted by molar-refractivity contribution is -0.135. The van der Waals surface area contributed by atoms with Gasteiger partial charge in [-0.2, -0.15) is 13.2 Å². The lowest BCUT2D eigenvalue weighted by Crippen LogP contribution is -2.09. The number of alkyl halides is 3. The fourth-order valence-electron chi connectivity index (χ4n) is 1.34. The number of aromatic carboxylic acids is 1. The number of carbonyl (C=O) groups is 1. The van der Waals surface area contributed by atoms with Crippen LogP contribution in [0.2, 0.25) is 0 Å². The maximum absolute atomic E-state index is 11.9. The van der Waals surface area contributed by atoms with Crippen molar-refractivity contribution in [2.75, 3.05) is 11.9 Å². The zero-order chi connectivity index (χ0) is 13.6. The third-order valence-electron chi connectivity index (χ3n) is 2.20. The van der Waals surface area contributed by atoms with Gasteiger partial charge in [-0.1, -0.05) is 0 Å². The molecule has 0 saturated carbocycles. The Labute approximate surface area is 102 Å². The first-order chi connectivity index (χ1) is 8.38. The topological polar surface area (TPSA) is 62.2 Å². The van der Waals surface area contributed by atoms with Crippen LogP contribution in [0.3, 0.4) is 0 Å². The number of unbranched alkanes of at least 4 members (excludes halogenated alkanes) is 1. The molecule has 0 unspecified atom stereocenters. The van der Waals surface area contributed by atoms with Crippen molar-refractivity contribution in [3.63, 3.8) is 0 Å². The SMILES string of the molecule is O=C(O)c1cc(NCCCCC(F)(F)F)ccn1. The largest absolute Gasteiger partial charge is 0.477 e. The van der Waals surface area contributed by atoms with Crippen LogP contribution in [0.15, 0.2) is 18.3 Å². The van der Waals surface area contributed by atoms with E-state index in [4.69, 9.17) is 5.11 Å². The summed E-state index contributed by atoms with van der Waals surface area (Å²) < 4.78 is 35.6. The lowest BCUT2D eigenvalue weighted by Gasteiger charge is -2.08. The number of nitrogens with one attached hydrogen (secondary N) is 1. The molecule has 18 heavy (non-hydrogen) atoms. The highest BCUT2D eigenvalue weighted by atomic mass is 19.4. The zero-order valence-corrected chi connectivity index (χ0v) is 9.50. The van der Waals surface area contributed by atoms with Crippen molar-refractivity contribution in [1.82, 2.24) is 4.98 Å². The molecule has 4 nitrogen and oxygen atoms in total. The first-order valence-corrected chi connectivity index (χ1v) is 5.38. The van der Waals surface area contributed by atoms with Crippen molar-refractivity contribution in [3.8, 4) is 0 Å². The third kappa shape index (κ3) is 5.51. The highest BCUT2D eigenvalue weighted by molar-refractivity contribution is 5.86. The van der Waals surface area contributed by atoms with E-state index in [1.165, 1.54) is 12.3 Å². The molecule has 0 aliphatic heterocycles. The molecule has 0 spiro atoms. The molecule has 7 heteroatoms. The minimum atomic E-state index is -4.12. The Hall–Kier alpha value is -1.79. The van der Waals surface area contributed by atoms with Gasteiger partial charge in [0.25, 0.3) is 0 Å². The number of carboxylic acids is 1. The number of halogens is 3. The van der Waals surface area contributed by atoms with E-state index in [2.05, 4.69) is 10.3 Å². The number of anilines is 1. The molecule has 1 aromatic rings. The van der Waals surface area contributed by atoms with E-state index in [-0.39, 0.29) is 12.1 Å². The lowest BCUT2D eigenvalue weighted by atomic mass is 10.2. The molecular formula is C11H13F3N2O2. The molecule has 2 N–H and O–H groups in total. The van der Waals surface area contributed by atoms with Gasteiger partial charge in [0.05, 0.1) is 0 Å². The predicted octanol–water partition coefficient (Wildman–Crippen LogP) is 2.92. The van der Waals surface area contributed by atoms with Crippen molar-refractivity contribution < 1.29 is 23.1 Å². The fourth-order valence-corrected chi connectivity index (χ4v) is 1.34. The van der Waals surface area contributed by atoms with Crippen molar-refractivity contribution in [3.05, 3.63) is 24.0 Å². The Bertz CT molecular complexity index is 408. The maximum Gasteiger partial charge on any atom is 0.389 e. The summed E-state index contributed by atoms with van der Waals surface area (Å²) >= 11 is 0. The van der Waals surface area contributed by atoms with E-state index < -0.39 is 18.6 Å². The summed E-state index contributed by atoms with van der Waals surface area (Å²) in [6, 6.07) is 2.91. The second kappa shape index (κ2) is 6.23. The molecule has 0 atom stereocenters. The van der Waals surface area contributed by atoms with Crippen LogP contribution in [0.5, 0.6) is 0 Å². The van der Waals surface area contributed by atoms with Crippen LogP contribution in [-0.2, 0) is 0 Å². The first kappa shape index (κ1) is 14.3. The van der Waals surface area contributed by atoms with E-state index in [9.17, 15) is 18.0 Å². The molecule has 1 aromatic heterocycles. The van der Waals surface area contributed by atoms with Crippen LogP contribution in [-0.4, -0.2) is 28.8 Å². The molecular weight excluding hydrogens is 249 g/mol. The Morgan fingerprint density at radius 3 is 2.72 bits per heavy atom. The first-order valence-electron chi connectivity index (χ1n) is 5.38. The fraction of sp³-hybridized carbons (Fsp3) is 0.455. The quantitative estimate of drug-likeness (QED) is 0.774. The van der Waals surface area contributed by atoms with Crippen molar-refractivity contribution >= 4 is 11.7 Å². The maximum atomic E-state index is 11.9. The summed E-state index contributed by atoms with van der Waals surface area (Å²) in [6.07, 6.45) is -3.17. The highest BCUT2D eigenvalue weighted by Gasteiger charge is 2.25. The molecule has 0 saturated heterocycles. The van der Waals surface area contributed by atoms with Crippen LogP contribution in [0, 0.1) is 0 Å². The Kier molecular flexibility index (Phi) is 4.94. The number of hydrogen-bond donors (Lipinski definition) is 2. The average Bonchev–Trinajstić information content (AvgIpc) is 2.27. The zero-order valence-electron chi connectivity index (χ0n) is 9.50. The molecule has 0 bridgehead atoms. The molecule has 1 rings (SSSR count). The van der Waals surface area contributed by atoms with Crippen molar-refractivity contribution in [2.45, 2.75) is 25.4 Å². The Balaban J connectivity index is 2.31. The van der Waals surface area contributed by atoms with Crippen LogP contribution < -0.4 is 5.32 Å². The van der Waals surface area contributed by atoms with Gasteiger partial charge in [-0.3, -0.25) is 0 Å². The predicted molar refractivity (Wildman–Crippen MR) is 59.6 cm³/mol. The minimum absolute atomic E-state index is 0.0490. The van der Waals surface area contributed by atoms with Crippen molar-refractivity contribution in [2.24, 2.45) is 0 Å². The molecule has 0 radical (unpaired) electrons. The van der Waals surface area contributed by atoms with Crippen LogP contribution in [0.1, 0.15) is 29.8 Å². The van der Waals surface area contributed by atoms with Gasteiger partial charge in [0, 0.05) is 24.8 Å². The van der Waals surface area contributed by atoms with Gasteiger partial charge in [0.1, 0.15) is 5.69 Å². The molecule has 1 heterocycles. The van der Waals surface area contributed by atoms with E-state index in [1.807, 2.05) is 0 Å². The summed E-state index contributed by atoms with van der Waals surface area (Å²) in [5.74, 6) is -1.14. The number of aromatic nitrogens is 1. The summed E-state index contributed by atoms with van der Waals surface area (Å²) in [5, 5.41) is 11.5. The average molecular weight is 262 g/mol. The number of nitrogens with zero attached hydrogens (tertiary/aromatic N) is 1. The number of carboxylic acid groups (broad SMARTS) is 1. The van der Waals surface area contributed by atoms with Gasteiger partial charge in [-0.05, 0) is 25.0 Å². The molecule has 0 aliphatic rings. The third-order valence-corrected chi connectivity index (χ3v) is 2.20. The van der Waals surface area contributed by atoms with E-state index in [0.29, 0.717) is 18.7 Å². The van der Waals surface area contributed by atoms with E-state index >= 15 is 0 Å². The monoisotopic (exact) mass is 262 g/mol. The molecule has 0 amide bonds. The highest BCUT2D eigenvalue weighted by Crippen LogP contribution is 2.22. The summed E-state index contributed by atoms with van der Waals surface area (Å²) in [5.41, 5.74) is 0.435. The summed E-state index contributed by atoms with van der Waals surface area (Å²) in [7, 11) is 0. The molecule has 100 valence electrons.